The van der Waals surface area contributed by atoms with E-state index < -0.39 is 5.41 Å². The Bertz CT molecular complexity index is 607. The van der Waals surface area contributed by atoms with Crippen molar-refractivity contribution in [2.75, 3.05) is 7.11 Å². The summed E-state index contributed by atoms with van der Waals surface area (Å²) in [4.78, 5) is 12.2. The van der Waals surface area contributed by atoms with Gasteiger partial charge >= 0.3 is 5.97 Å². The van der Waals surface area contributed by atoms with E-state index >= 15 is 0 Å². The zero-order valence-electron chi connectivity index (χ0n) is 10.3. The van der Waals surface area contributed by atoms with E-state index in [4.69, 9.17) is 4.74 Å². The van der Waals surface area contributed by atoms with E-state index in [-0.39, 0.29) is 5.97 Å². The van der Waals surface area contributed by atoms with E-state index in [9.17, 15) is 4.79 Å². The Balaban J connectivity index is 2.23. The van der Waals surface area contributed by atoms with Gasteiger partial charge in [-0.25, -0.2) is 0 Å². The molecule has 18 heavy (non-hydrogen) atoms. The predicted molar refractivity (Wildman–Crippen MR) is 70.9 cm³/mol. The van der Waals surface area contributed by atoms with Crippen LogP contribution in [0.25, 0.3) is 5.57 Å². The minimum absolute atomic E-state index is 0.200. The molecular formula is C16H14O2. The molecule has 90 valence electrons. The number of carbonyl (C=O) groups is 1. The van der Waals surface area contributed by atoms with E-state index in [1.54, 1.807) is 0 Å². The first-order valence-electron chi connectivity index (χ1n) is 5.94. The topological polar surface area (TPSA) is 26.3 Å². The molecule has 1 aromatic carbocycles. The molecule has 0 amide bonds. The third kappa shape index (κ3) is 1.32. The molecule has 0 spiro atoms. The number of benzene rings is 1. The number of allylic oxidation sites excluding steroid dienone is 3. The van der Waals surface area contributed by atoms with Crippen LogP contribution >= 0.6 is 0 Å². The maximum atomic E-state index is 12.2. The Morgan fingerprint density at radius 3 is 2.94 bits per heavy atom. The van der Waals surface area contributed by atoms with Crippen molar-refractivity contribution in [3.05, 3.63) is 65.8 Å². The third-order valence-corrected chi connectivity index (χ3v) is 3.72. The first kappa shape index (κ1) is 11.0. The lowest BCUT2D eigenvalue weighted by molar-refractivity contribution is -0.146. The molecule has 2 nitrogen and oxygen atoms in total. The molecule has 0 saturated heterocycles. The predicted octanol–water partition coefficient (Wildman–Crippen LogP) is 2.91. The van der Waals surface area contributed by atoms with E-state index in [2.05, 4.69) is 18.7 Å². The van der Waals surface area contributed by atoms with Gasteiger partial charge in [0.2, 0.25) is 0 Å². The lowest BCUT2D eigenvalue weighted by Crippen LogP contribution is -2.31. The number of hydrogen-bond donors (Lipinski definition) is 0. The van der Waals surface area contributed by atoms with Crippen LogP contribution in [0.15, 0.2) is 54.6 Å². The summed E-state index contributed by atoms with van der Waals surface area (Å²) in [6.07, 6.45) is 6.48. The van der Waals surface area contributed by atoms with E-state index in [1.165, 1.54) is 12.7 Å². The van der Waals surface area contributed by atoms with Crippen LogP contribution in [-0.2, 0) is 16.0 Å². The molecule has 2 heteroatoms. The summed E-state index contributed by atoms with van der Waals surface area (Å²) in [5.41, 5.74) is 3.60. The van der Waals surface area contributed by atoms with Crippen molar-refractivity contribution < 1.29 is 9.53 Å². The van der Waals surface area contributed by atoms with Crippen molar-refractivity contribution in [3.8, 4) is 0 Å². The van der Waals surface area contributed by atoms with Crippen LogP contribution in [0.3, 0.4) is 0 Å². The Kier molecular flexibility index (Phi) is 2.27. The maximum absolute atomic E-state index is 12.2. The number of carbonyl (C=O) groups excluding carboxylic acids is 1. The highest BCUT2D eigenvalue weighted by Gasteiger charge is 2.47. The molecule has 0 bridgehead atoms. The van der Waals surface area contributed by atoms with Gasteiger partial charge in [0.15, 0.2) is 0 Å². The second kappa shape index (κ2) is 3.70. The van der Waals surface area contributed by atoms with Crippen molar-refractivity contribution >= 4 is 11.5 Å². The highest BCUT2D eigenvalue weighted by atomic mass is 16.5. The average Bonchev–Trinajstić information content (AvgIpc) is 2.73. The number of methoxy groups -OCH3 is 1. The summed E-state index contributed by atoms with van der Waals surface area (Å²) < 4.78 is 5.00. The lowest BCUT2D eigenvalue weighted by atomic mass is 9.76. The fraction of sp³-hybridized carbons (Fsp3) is 0.188. The van der Waals surface area contributed by atoms with Gasteiger partial charge in [-0.2, -0.15) is 0 Å². The van der Waals surface area contributed by atoms with Gasteiger partial charge in [0.05, 0.1) is 7.11 Å². The fourth-order valence-corrected chi connectivity index (χ4v) is 2.84. The van der Waals surface area contributed by atoms with Gasteiger partial charge in [-0.3, -0.25) is 4.79 Å². The standard InChI is InChI=1S/C16H14O2/c1-11-7-8-16(15(17)18-2)10-12-5-3-4-6-13(12)14(16)9-11/h3-9H,1,10H2,2H3. The Hall–Kier alpha value is -2.09. The first-order chi connectivity index (χ1) is 8.67. The Morgan fingerprint density at radius 1 is 1.39 bits per heavy atom. The van der Waals surface area contributed by atoms with Crippen molar-refractivity contribution in [2.45, 2.75) is 6.42 Å². The second-order valence-corrected chi connectivity index (χ2v) is 4.76. The molecule has 0 N–H and O–H groups in total. The minimum atomic E-state index is -0.653. The zero-order valence-corrected chi connectivity index (χ0v) is 10.3. The van der Waals surface area contributed by atoms with Crippen LogP contribution in [0.2, 0.25) is 0 Å². The summed E-state index contributed by atoms with van der Waals surface area (Å²) in [6.45, 7) is 3.95. The first-order valence-corrected chi connectivity index (χ1v) is 5.94. The monoisotopic (exact) mass is 238 g/mol. The molecule has 2 aliphatic carbocycles. The summed E-state index contributed by atoms with van der Waals surface area (Å²) >= 11 is 0. The van der Waals surface area contributed by atoms with Crippen LogP contribution in [0.1, 0.15) is 11.1 Å². The Morgan fingerprint density at radius 2 is 2.17 bits per heavy atom. The third-order valence-electron chi connectivity index (χ3n) is 3.72. The van der Waals surface area contributed by atoms with Crippen LogP contribution in [0.4, 0.5) is 0 Å². The number of ether oxygens (including phenoxy) is 1. The molecule has 0 saturated carbocycles. The van der Waals surface area contributed by atoms with Crippen molar-refractivity contribution in [3.63, 3.8) is 0 Å². The van der Waals surface area contributed by atoms with Crippen molar-refractivity contribution in [1.29, 1.82) is 0 Å². The van der Waals surface area contributed by atoms with Gasteiger partial charge in [0, 0.05) is 0 Å². The summed E-state index contributed by atoms with van der Waals surface area (Å²) in [5.74, 6) is -0.200. The number of esters is 1. The molecule has 0 radical (unpaired) electrons. The number of hydrogen-bond acceptors (Lipinski definition) is 2. The van der Waals surface area contributed by atoms with Crippen LogP contribution in [0.5, 0.6) is 0 Å². The zero-order chi connectivity index (χ0) is 12.8. The highest BCUT2D eigenvalue weighted by molar-refractivity contribution is 6.00. The Labute approximate surface area is 106 Å². The molecule has 0 heterocycles. The number of rotatable bonds is 1. The molecule has 1 aromatic rings. The van der Waals surface area contributed by atoms with Crippen molar-refractivity contribution in [2.24, 2.45) is 5.41 Å². The summed E-state index contributed by atoms with van der Waals surface area (Å²) in [6, 6.07) is 8.11. The molecule has 0 aliphatic heterocycles. The normalized spacial score (nSPS) is 24.3. The van der Waals surface area contributed by atoms with Gasteiger partial charge in [-0.05, 0) is 28.7 Å². The summed E-state index contributed by atoms with van der Waals surface area (Å²) in [5, 5.41) is 0. The van der Waals surface area contributed by atoms with Crippen LogP contribution in [-0.4, -0.2) is 13.1 Å². The molecular weight excluding hydrogens is 224 g/mol. The van der Waals surface area contributed by atoms with Crippen LogP contribution in [0, 0.1) is 5.41 Å². The average molecular weight is 238 g/mol. The van der Waals surface area contributed by atoms with Gasteiger partial charge < -0.3 is 4.74 Å². The highest BCUT2D eigenvalue weighted by Crippen LogP contribution is 2.50. The smallest absolute Gasteiger partial charge is 0.320 e. The van der Waals surface area contributed by atoms with Crippen LogP contribution < -0.4 is 0 Å². The van der Waals surface area contributed by atoms with E-state index in [0.717, 1.165) is 16.7 Å². The van der Waals surface area contributed by atoms with Crippen molar-refractivity contribution in [1.82, 2.24) is 0 Å². The quantitative estimate of drug-likeness (QED) is 0.703. The molecule has 2 aliphatic rings. The summed E-state index contributed by atoms with van der Waals surface area (Å²) in [7, 11) is 1.44. The van der Waals surface area contributed by atoms with E-state index in [1.807, 2.05) is 30.4 Å². The molecule has 3 rings (SSSR count). The number of fused-ring (bicyclic) bond motifs is 3. The SMILES string of the molecule is C=C1C=CC2(C(=O)OC)Cc3ccccc3C2=C1. The fourth-order valence-electron chi connectivity index (χ4n) is 2.84. The van der Waals surface area contributed by atoms with Gasteiger partial charge in [0.1, 0.15) is 5.41 Å². The second-order valence-electron chi connectivity index (χ2n) is 4.76. The van der Waals surface area contributed by atoms with Gasteiger partial charge in [-0.15, -0.1) is 0 Å². The molecule has 0 aromatic heterocycles. The van der Waals surface area contributed by atoms with E-state index in [0.29, 0.717) is 6.42 Å². The lowest BCUT2D eigenvalue weighted by Gasteiger charge is -2.27. The molecule has 0 fully saturated rings. The van der Waals surface area contributed by atoms with Gasteiger partial charge in [0.25, 0.3) is 0 Å². The molecule has 1 unspecified atom stereocenters. The largest absolute Gasteiger partial charge is 0.468 e. The minimum Gasteiger partial charge on any atom is -0.468 e. The van der Waals surface area contributed by atoms with Gasteiger partial charge in [-0.1, -0.05) is 49.1 Å². The maximum Gasteiger partial charge on any atom is 0.320 e. The molecule has 1 atom stereocenters.